The summed E-state index contributed by atoms with van der Waals surface area (Å²) in [6, 6.07) is 0. The molecule has 1 N–H and O–H groups in total. The lowest BCUT2D eigenvalue weighted by molar-refractivity contribution is 0.111. The molecule has 1 rings (SSSR count). The smallest absolute Gasteiger partial charge is 0.183 e. The van der Waals surface area contributed by atoms with Crippen molar-refractivity contribution in [1.82, 2.24) is 9.97 Å². The van der Waals surface area contributed by atoms with Gasteiger partial charge in [-0.05, 0) is 19.6 Å². The molecule has 1 aromatic heterocycles. The third-order valence-electron chi connectivity index (χ3n) is 1.65. The molecule has 0 saturated carbocycles. The highest BCUT2D eigenvalue weighted by atomic mass is 28.4. The Kier molecular flexibility index (Phi) is 3.60. The number of nitrogens with one attached hydrogen (secondary N) is 1. The number of rotatable bonds is 5. The van der Waals surface area contributed by atoms with E-state index < -0.39 is 8.32 Å². The van der Waals surface area contributed by atoms with Crippen LogP contribution >= 0.6 is 0 Å². The molecular formula is C9H16N2O2Si. The van der Waals surface area contributed by atoms with E-state index in [1.54, 1.807) is 0 Å². The van der Waals surface area contributed by atoms with Gasteiger partial charge in [0.15, 0.2) is 14.6 Å². The Balaban J connectivity index is 2.35. The molecule has 0 aliphatic rings. The van der Waals surface area contributed by atoms with Crippen LogP contribution in [0, 0.1) is 0 Å². The molecule has 14 heavy (non-hydrogen) atoms. The monoisotopic (exact) mass is 212 g/mol. The minimum Gasteiger partial charge on any atom is -0.417 e. The molecule has 0 aliphatic heterocycles. The van der Waals surface area contributed by atoms with Crippen LogP contribution in [0.2, 0.25) is 19.6 Å². The van der Waals surface area contributed by atoms with E-state index in [4.69, 9.17) is 4.43 Å². The van der Waals surface area contributed by atoms with Crippen molar-refractivity contribution in [3.8, 4) is 0 Å². The van der Waals surface area contributed by atoms with E-state index in [0.717, 1.165) is 18.5 Å². The third-order valence-corrected chi connectivity index (χ3v) is 2.72. The van der Waals surface area contributed by atoms with Gasteiger partial charge >= 0.3 is 0 Å². The van der Waals surface area contributed by atoms with Gasteiger partial charge in [-0.25, -0.2) is 4.98 Å². The first-order valence-electron chi connectivity index (χ1n) is 4.64. The predicted octanol–water partition coefficient (Wildman–Crippen LogP) is 1.62. The first-order chi connectivity index (χ1) is 6.51. The number of aldehydes is 1. The van der Waals surface area contributed by atoms with Crippen molar-refractivity contribution in [3.05, 3.63) is 17.7 Å². The molecular weight excluding hydrogens is 196 g/mol. The van der Waals surface area contributed by atoms with Crippen LogP contribution in [0.15, 0.2) is 6.20 Å². The van der Waals surface area contributed by atoms with Crippen molar-refractivity contribution >= 4 is 14.6 Å². The molecule has 0 fully saturated rings. The lowest BCUT2D eigenvalue weighted by Gasteiger charge is -2.16. The second-order valence-electron chi connectivity index (χ2n) is 4.11. The zero-order valence-corrected chi connectivity index (χ0v) is 9.83. The zero-order chi connectivity index (χ0) is 10.6. The van der Waals surface area contributed by atoms with Crippen LogP contribution in [-0.4, -0.2) is 31.2 Å². The molecule has 1 heterocycles. The molecule has 1 aromatic rings. The van der Waals surface area contributed by atoms with Crippen molar-refractivity contribution in [2.45, 2.75) is 26.1 Å². The van der Waals surface area contributed by atoms with Gasteiger partial charge < -0.3 is 9.41 Å². The Morgan fingerprint density at radius 3 is 2.79 bits per heavy atom. The summed E-state index contributed by atoms with van der Waals surface area (Å²) in [7, 11) is -1.42. The minimum atomic E-state index is -1.42. The fraction of sp³-hybridized carbons (Fsp3) is 0.556. The Bertz CT molecular complexity index is 304. The lowest BCUT2D eigenvalue weighted by atomic mass is 10.4. The van der Waals surface area contributed by atoms with E-state index >= 15 is 0 Å². The van der Waals surface area contributed by atoms with Crippen LogP contribution in [0.1, 0.15) is 16.3 Å². The summed E-state index contributed by atoms with van der Waals surface area (Å²) >= 11 is 0. The largest absolute Gasteiger partial charge is 0.417 e. The first kappa shape index (κ1) is 11.1. The SMILES string of the molecule is C[Si](C)(C)OCCc1ncc(C=O)[nH]1. The summed E-state index contributed by atoms with van der Waals surface area (Å²) in [6.07, 6.45) is 3.03. The van der Waals surface area contributed by atoms with Crippen LogP contribution in [0.3, 0.4) is 0 Å². The number of aromatic nitrogens is 2. The van der Waals surface area contributed by atoms with Crippen LogP contribution in [0.4, 0.5) is 0 Å². The first-order valence-corrected chi connectivity index (χ1v) is 8.05. The molecule has 0 saturated heterocycles. The molecule has 0 amide bonds. The van der Waals surface area contributed by atoms with Crippen molar-refractivity contribution in [2.75, 3.05) is 6.61 Å². The lowest BCUT2D eigenvalue weighted by Crippen LogP contribution is -2.26. The Hall–Kier alpha value is -0.943. The van der Waals surface area contributed by atoms with E-state index in [9.17, 15) is 4.79 Å². The molecule has 0 radical (unpaired) electrons. The number of hydrogen-bond donors (Lipinski definition) is 1. The van der Waals surface area contributed by atoms with Crippen LogP contribution in [0.25, 0.3) is 0 Å². The van der Waals surface area contributed by atoms with E-state index in [2.05, 4.69) is 29.6 Å². The van der Waals surface area contributed by atoms with Gasteiger partial charge in [0.2, 0.25) is 0 Å². The number of imidazole rings is 1. The van der Waals surface area contributed by atoms with E-state index in [1.165, 1.54) is 6.20 Å². The van der Waals surface area contributed by atoms with Crippen LogP contribution < -0.4 is 0 Å². The topological polar surface area (TPSA) is 55.0 Å². The molecule has 5 heteroatoms. The van der Waals surface area contributed by atoms with Gasteiger partial charge in [0.05, 0.1) is 11.9 Å². The van der Waals surface area contributed by atoms with Crippen molar-refractivity contribution in [2.24, 2.45) is 0 Å². The molecule has 0 spiro atoms. The number of carbonyl (C=O) groups is 1. The fourth-order valence-corrected chi connectivity index (χ4v) is 1.73. The van der Waals surface area contributed by atoms with Gasteiger partial charge in [-0.1, -0.05) is 0 Å². The van der Waals surface area contributed by atoms with Gasteiger partial charge in [-0.2, -0.15) is 0 Å². The van der Waals surface area contributed by atoms with Crippen LogP contribution in [-0.2, 0) is 10.8 Å². The zero-order valence-electron chi connectivity index (χ0n) is 8.83. The number of hydrogen-bond acceptors (Lipinski definition) is 3. The summed E-state index contributed by atoms with van der Waals surface area (Å²) in [5, 5.41) is 0. The van der Waals surface area contributed by atoms with Crippen molar-refractivity contribution in [3.63, 3.8) is 0 Å². The summed E-state index contributed by atoms with van der Waals surface area (Å²) < 4.78 is 5.67. The van der Waals surface area contributed by atoms with E-state index in [0.29, 0.717) is 12.3 Å². The number of aromatic amines is 1. The summed E-state index contributed by atoms with van der Waals surface area (Å²) in [4.78, 5) is 17.3. The van der Waals surface area contributed by atoms with E-state index in [-0.39, 0.29) is 0 Å². The quantitative estimate of drug-likeness (QED) is 0.596. The van der Waals surface area contributed by atoms with Gasteiger partial charge in [-0.15, -0.1) is 0 Å². The standard InChI is InChI=1S/C9H16N2O2Si/c1-14(2,3)13-5-4-9-10-6-8(7-12)11-9/h6-7H,4-5H2,1-3H3,(H,10,11). The normalized spacial score (nSPS) is 11.6. The van der Waals surface area contributed by atoms with Gasteiger partial charge in [0.25, 0.3) is 0 Å². The number of carbonyl (C=O) groups excluding carboxylic acids is 1. The molecule has 0 unspecified atom stereocenters. The van der Waals surface area contributed by atoms with Crippen molar-refractivity contribution < 1.29 is 9.22 Å². The predicted molar refractivity (Wildman–Crippen MR) is 57.0 cm³/mol. The highest BCUT2D eigenvalue weighted by Crippen LogP contribution is 2.03. The number of H-pyrrole nitrogens is 1. The maximum Gasteiger partial charge on any atom is 0.183 e. The Labute approximate surface area is 84.8 Å². The van der Waals surface area contributed by atoms with Gasteiger partial charge in [0.1, 0.15) is 5.82 Å². The minimum absolute atomic E-state index is 0.521. The average Bonchev–Trinajstić information content (AvgIpc) is 2.50. The Morgan fingerprint density at radius 1 is 1.57 bits per heavy atom. The third kappa shape index (κ3) is 3.84. The maximum atomic E-state index is 10.4. The van der Waals surface area contributed by atoms with Crippen LogP contribution in [0.5, 0.6) is 0 Å². The second-order valence-corrected chi connectivity index (χ2v) is 8.63. The Morgan fingerprint density at radius 2 is 2.29 bits per heavy atom. The molecule has 0 bridgehead atoms. The maximum absolute atomic E-state index is 10.4. The van der Waals surface area contributed by atoms with Gasteiger partial charge in [0, 0.05) is 13.0 Å². The summed E-state index contributed by atoms with van der Waals surface area (Å²) in [5.41, 5.74) is 0.521. The second kappa shape index (κ2) is 4.52. The summed E-state index contributed by atoms with van der Waals surface area (Å²) in [5.74, 6) is 0.811. The molecule has 0 aromatic carbocycles. The average molecular weight is 212 g/mol. The molecule has 78 valence electrons. The summed E-state index contributed by atoms with van der Waals surface area (Å²) in [6.45, 7) is 7.10. The van der Waals surface area contributed by atoms with E-state index in [1.807, 2.05) is 0 Å². The molecule has 0 aliphatic carbocycles. The highest BCUT2D eigenvalue weighted by Gasteiger charge is 2.13. The fourth-order valence-electron chi connectivity index (χ4n) is 1.02. The van der Waals surface area contributed by atoms with Gasteiger partial charge in [-0.3, -0.25) is 4.79 Å². The van der Waals surface area contributed by atoms with Crippen molar-refractivity contribution in [1.29, 1.82) is 0 Å². The highest BCUT2D eigenvalue weighted by molar-refractivity contribution is 6.69. The number of nitrogens with zero attached hydrogens (tertiary/aromatic N) is 1. The molecule has 0 atom stereocenters. The molecule has 4 nitrogen and oxygen atoms in total.